The van der Waals surface area contributed by atoms with Crippen molar-refractivity contribution < 1.29 is 28.6 Å². The first kappa shape index (κ1) is 25.3. The average molecular weight is 527 g/mol. The third kappa shape index (κ3) is 5.07. The van der Waals surface area contributed by atoms with Crippen molar-refractivity contribution in [1.82, 2.24) is 4.57 Å². The Bertz CT molecular complexity index is 1560. The number of hydrogen-bond acceptors (Lipinski definition) is 10. The largest absolute Gasteiger partial charge is 0.463 e. The third-order valence-corrected chi connectivity index (χ3v) is 7.02. The van der Waals surface area contributed by atoms with Crippen molar-refractivity contribution in [2.45, 2.75) is 33.7 Å². The molecule has 2 aromatic heterocycles. The molecule has 186 valence electrons. The second-order valence-electron chi connectivity index (χ2n) is 7.70. The van der Waals surface area contributed by atoms with E-state index in [9.17, 15) is 19.2 Å². The highest BCUT2D eigenvalue weighted by molar-refractivity contribution is 7.10. The molecule has 3 heterocycles. The van der Waals surface area contributed by atoms with E-state index in [0.29, 0.717) is 26.2 Å². The van der Waals surface area contributed by atoms with E-state index in [-0.39, 0.29) is 23.7 Å². The SMILES string of the molecule is CCOC(=O)C1=C(C)N=c2sc(=Cc3ccc(OC(C)=O)cc3OC(C)=O)c(=O)n2[C@H]1c1cccs1. The van der Waals surface area contributed by atoms with E-state index in [1.807, 2.05) is 17.5 Å². The predicted octanol–water partition coefficient (Wildman–Crippen LogP) is 2.71. The third-order valence-electron chi connectivity index (χ3n) is 5.12. The van der Waals surface area contributed by atoms with Crippen LogP contribution in [0.4, 0.5) is 0 Å². The molecule has 0 spiro atoms. The molecule has 0 fully saturated rings. The average Bonchev–Trinajstić information content (AvgIpc) is 3.43. The summed E-state index contributed by atoms with van der Waals surface area (Å²) in [6, 6.07) is 7.56. The molecule has 1 atom stereocenters. The Morgan fingerprint density at radius 2 is 1.89 bits per heavy atom. The lowest BCUT2D eigenvalue weighted by molar-refractivity contribution is -0.139. The van der Waals surface area contributed by atoms with Crippen molar-refractivity contribution in [3.63, 3.8) is 0 Å². The minimum absolute atomic E-state index is 0.130. The van der Waals surface area contributed by atoms with Crippen LogP contribution in [0.3, 0.4) is 0 Å². The summed E-state index contributed by atoms with van der Waals surface area (Å²) in [6.07, 6.45) is 1.58. The van der Waals surface area contributed by atoms with E-state index in [0.717, 1.165) is 16.2 Å². The summed E-state index contributed by atoms with van der Waals surface area (Å²) >= 11 is 2.58. The van der Waals surface area contributed by atoms with Crippen molar-refractivity contribution in [2.75, 3.05) is 6.61 Å². The van der Waals surface area contributed by atoms with Gasteiger partial charge in [-0.25, -0.2) is 9.79 Å². The van der Waals surface area contributed by atoms with E-state index >= 15 is 0 Å². The summed E-state index contributed by atoms with van der Waals surface area (Å²) in [6.45, 7) is 6.14. The van der Waals surface area contributed by atoms with Gasteiger partial charge in [-0.1, -0.05) is 17.4 Å². The first-order chi connectivity index (χ1) is 17.2. The number of carbonyl (C=O) groups excluding carboxylic acids is 3. The van der Waals surface area contributed by atoms with Gasteiger partial charge >= 0.3 is 17.9 Å². The van der Waals surface area contributed by atoms with Gasteiger partial charge in [0.05, 0.1) is 22.4 Å². The van der Waals surface area contributed by atoms with E-state index in [2.05, 4.69) is 4.99 Å². The Hall–Kier alpha value is -3.83. The molecule has 0 radical (unpaired) electrons. The lowest BCUT2D eigenvalue weighted by atomic mass is 10.0. The number of hydrogen-bond donors (Lipinski definition) is 0. The summed E-state index contributed by atoms with van der Waals surface area (Å²) in [4.78, 5) is 55.2. The normalized spacial score (nSPS) is 15.2. The number of aromatic nitrogens is 1. The van der Waals surface area contributed by atoms with E-state index < -0.39 is 23.9 Å². The number of allylic oxidation sites excluding steroid dienone is 1. The van der Waals surface area contributed by atoms with Gasteiger partial charge in [-0.3, -0.25) is 19.0 Å². The number of esters is 3. The molecule has 3 aromatic rings. The Kier molecular flexibility index (Phi) is 7.32. The molecule has 9 nitrogen and oxygen atoms in total. The molecule has 0 amide bonds. The molecule has 0 unspecified atom stereocenters. The second kappa shape index (κ2) is 10.4. The highest BCUT2D eigenvalue weighted by Crippen LogP contribution is 2.33. The standard InChI is InChI=1S/C25H22N2O7S2/c1-5-32-24(31)21-13(2)26-25-27(22(21)19-7-6-10-35-19)23(30)20(36-25)11-16-8-9-17(33-14(3)28)12-18(16)34-15(4)29/h6-12,22H,5H2,1-4H3/t22-/m0/s1. The van der Waals surface area contributed by atoms with E-state index in [1.165, 1.54) is 41.9 Å². The number of benzene rings is 1. The van der Waals surface area contributed by atoms with Crippen LogP contribution in [0.1, 0.15) is 44.2 Å². The van der Waals surface area contributed by atoms with Crippen molar-refractivity contribution in [3.8, 4) is 11.5 Å². The van der Waals surface area contributed by atoms with Gasteiger partial charge in [-0.05, 0) is 43.5 Å². The second-order valence-corrected chi connectivity index (χ2v) is 9.69. The quantitative estimate of drug-likeness (QED) is 0.358. The van der Waals surface area contributed by atoms with Crippen LogP contribution >= 0.6 is 22.7 Å². The molecule has 4 rings (SSSR count). The topological polar surface area (TPSA) is 113 Å². The zero-order valence-electron chi connectivity index (χ0n) is 19.9. The summed E-state index contributed by atoms with van der Waals surface area (Å²) in [5.74, 6) is -1.29. The Morgan fingerprint density at radius 3 is 2.53 bits per heavy atom. The maximum absolute atomic E-state index is 13.6. The molecule has 0 bridgehead atoms. The van der Waals surface area contributed by atoms with Crippen molar-refractivity contribution >= 4 is 46.7 Å². The lowest BCUT2D eigenvalue weighted by Gasteiger charge is -2.23. The van der Waals surface area contributed by atoms with Gasteiger partial charge in [0.15, 0.2) is 4.80 Å². The van der Waals surface area contributed by atoms with Gasteiger partial charge in [-0.15, -0.1) is 11.3 Å². The predicted molar refractivity (Wildman–Crippen MR) is 134 cm³/mol. The van der Waals surface area contributed by atoms with Crippen LogP contribution in [-0.4, -0.2) is 29.1 Å². The van der Waals surface area contributed by atoms with E-state index in [1.54, 1.807) is 26.0 Å². The molecule has 11 heteroatoms. The summed E-state index contributed by atoms with van der Waals surface area (Å²) < 4.78 is 17.5. The zero-order chi connectivity index (χ0) is 26.0. The number of nitrogens with zero attached hydrogens (tertiary/aromatic N) is 2. The van der Waals surface area contributed by atoms with Crippen LogP contribution < -0.4 is 24.4 Å². The fourth-order valence-corrected chi connectivity index (χ4v) is 5.62. The zero-order valence-corrected chi connectivity index (χ0v) is 21.5. The van der Waals surface area contributed by atoms with Gasteiger partial charge in [0, 0.05) is 30.4 Å². The van der Waals surface area contributed by atoms with Crippen LogP contribution in [-0.2, 0) is 19.1 Å². The van der Waals surface area contributed by atoms with Crippen LogP contribution in [0.5, 0.6) is 11.5 Å². The van der Waals surface area contributed by atoms with Crippen molar-refractivity contribution in [1.29, 1.82) is 0 Å². The molecule has 1 aromatic carbocycles. The Labute approximate surface area is 213 Å². The Balaban J connectivity index is 1.89. The van der Waals surface area contributed by atoms with Crippen LogP contribution in [0.2, 0.25) is 0 Å². The highest BCUT2D eigenvalue weighted by atomic mass is 32.1. The van der Waals surface area contributed by atoms with Gasteiger partial charge in [0.25, 0.3) is 5.56 Å². The van der Waals surface area contributed by atoms with Gasteiger partial charge in [0.2, 0.25) is 0 Å². The molecule has 1 aliphatic heterocycles. The maximum atomic E-state index is 13.6. The molecule has 36 heavy (non-hydrogen) atoms. The summed E-state index contributed by atoms with van der Waals surface area (Å²) in [7, 11) is 0. The van der Waals surface area contributed by atoms with Crippen LogP contribution in [0.15, 0.2) is 56.8 Å². The minimum atomic E-state index is -0.679. The number of carbonyl (C=O) groups is 3. The fraction of sp³-hybridized carbons (Fsp3) is 0.240. The van der Waals surface area contributed by atoms with Gasteiger partial charge < -0.3 is 14.2 Å². The van der Waals surface area contributed by atoms with Crippen LogP contribution in [0, 0.1) is 0 Å². The molecule has 0 aliphatic carbocycles. The number of rotatable bonds is 6. The van der Waals surface area contributed by atoms with Crippen molar-refractivity contribution in [2.24, 2.45) is 4.99 Å². The molecule has 0 saturated carbocycles. The smallest absolute Gasteiger partial charge is 0.338 e. The molecular formula is C25H22N2O7S2. The van der Waals surface area contributed by atoms with E-state index in [4.69, 9.17) is 14.2 Å². The van der Waals surface area contributed by atoms with Gasteiger partial charge in [-0.2, -0.15) is 0 Å². The molecule has 1 aliphatic rings. The lowest BCUT2D eigenvalue weighted by Crippen LogP contribution is -2.39. The monoisotopic (exact) mass is 526 g/mol. The van der Waals surface area contributed by atoms with Gasteiger partial charge in [0.1, 0.15) is 17.5 Å². The number of thiazole rings is 1. The summed E-state index contributed by atoms with van der Waals surface area (Å²) in [5.41, 5.74) is 0.861. The molecular weight excluding hydrogens is 504 g/mol. The first-order valence-corrected chi connectivity index (χ1v) is 12.6. The minimum Gasteiger partial charge on any atom is -0.463 e. The molecule has 0 saturated heterocycles. The fourth-order valence-electron chi connectivity index (χ4n) is 3.76. The summed E-state index contributed by atoms with van der Waals surface area (Å²) in [5, 5.41) is 1.87. The number of ether oxygens (including phenoxy) is 3. The van der Waals surface area contributed by atoms with Crippen molar-refractivity contribution in [3.05, 3.63) is 77.1 Å². The first-order valence-electron chi connectivity index (χ1n) is 10.9. The Morgan fingerprint density at radius 1 is 1.14 bits per heavy atom. The number of fused-ring (bicyclic) bond motifs is 1. The highest BCUT2D eigenvalue weighted by Gasteiger charge is 2.33. The molecule has 0 N–H and O–H groups in total. The maximum Gasteiger partial charge on any atom is 0.338 e. The number of thiophene rings is 1. The van der Waals surface area contributed by atoms with Crippen LogP contribution in [0.25, 0.3) is 6.08 Å².